The molecule has 0 fully saturated rings. The molecule has 0 aliphatic rings. The molecule has 8 heteroatoms. The molecule has 0 aliphatic carbocycles. The fourth-order valence-corrected chi connectivity index (χ4v) is 4.37. The van der Waals surface area contributed by atoms with Gasteiger partial charge in [-0.3, -0.25) is 9.59 Å². The van der Waals surface area contributed by atoms with E-state index >= 15 is 0 Å². The van der Waals surface area contributed by atoms with E-state index in [0.717, 1.165) is 46.2 Å². The number of nitrogens with one attached hydrogen (secondary N) is 2. The SMILES string of the molecule is CCCCCCCCCCCC(=O)NCC(=O)NN=Cc1cn(-c2ccccc2)nc1-c1ccc(Br)cc1. The molecule has 1 heterocycles. The van der Waals surface area contributed by atoms with Gasteiger partial charge in [-0.15, -0.1) is 0 Å². The van der Waals surface area contributed by atoms with Crippen LogP contribution in [-0.2, 0) is 9.59 Å². The topological polar surface area (TPSA) is 88.4 Å². The molecule has 202 valence electrons. The van der Waals surface area contributed by atoms with Crippen LogP contribution in [0.25, 0.3) is 16.9 Å². The monoisotopic (exact) mass is 579 g/mol. The van der Waals surface area contributed by atoms with Crippen molar-refractivity contribution in [2.75, 3.05) is 6.54 Å². The number of hydrazone groups is 1. The van der Waals surface area contributed by atoms with Crippen molar-refractivity contribution >= 4 is 34.0 Å². The lowest BCUT2D eigenvalue weighted by Crippen LogP contribution is -2.34. The molecule has 0 saturated heterocycles. The Morgan fingerprint density at radius 3 is 2.24 bits per heavy atom. The number of benzene rings is 2. The Morgan fingerprint density at radius 2 is 1.55 bits per heavy atom. The number of amides is 2. The quantitative estimate of drug-likeness (QED) is 0.111. The van der Waals surface area contributed by atoms with Gasteiger partial charge in [0.15, 0.2) is 0 Å². The first kappa shape index (κ1) is 29.3. The van der Waals surface area contributed by atoms with Gasteiger partial charge in [-0.2, -0.15) is 10.2 Å². The van der Waals surface area contributed by atoms with E-state index in [1.54, 1.807) is 10.9 Å². The molecule has 0 atom stereocenters. The second-order valence-corrected chi connectivity index (χ2v) is 10.3. The van der Waals surface area contributed by atoms with E-state index in [1.165, 1.54) is 38.5 Å². The average molecular weight is 581 g/mol. The highest BCUT2D eigenvalue weighted by molar-refractivity contribution is 9.10. The molecule has 0 saturated carbocycles. The van der Waals surface area contributed by atoms with Gasteiger partial charge in [-0.25, -0.2) is 10.1 Å². The highest BCUT2D eigenvalue weighted by atomic mass is 79.9. The van der Waals surface area contributed by atoms with Gasteiger partial charge in [-0.05, 0) is 30.7 Å². The Labute approximate surface area is 234 Å². The van der Waals surface area contributed by atoms with Crippen LogP contribution < -0.4 is 10.7 Å². The number of nitrogens with zero attached hydrogens (tertiary/aromatic N) is 3. The first-order valence-electron chi connectivity index (χ1n) is 13.6. The van der Waals surface area contributed by atoms with Crippen molar-refractivity contribution in [3.8, 4) is 16.9 Å². The maximum Gasteiger partial charge on any atom is 0.259 e. The van der Waals surface area contributed by atoms with E-state index < -0.39 is 0 Å². The Hall–Kier alpha value is -3.26. The largest absolute Gasteiger partial charge is 0.347 e. The van der Waals surface area contributed by atoms with E-state index in [2.05, 4.69) is 38.7 Å². The molecule has 3 aromatic rings. The van der Waals surface area contributed by atoms with Crippen molar-refractivity contribution in [2.24, 2.45) is 5.10 Å². The van der Waals surface area contributed by atoms with Crippen LogP contribution in [0.2, 0.25) is 0 Å². The lowest BCUT2D eigenvalue weighted by Gasteiger charge is -2.05. The highest BCUT2D eigenvalue weighted by Crippen LogP contribution is 2.24. The minimum atomic E-state index is -0.373. The normalized spacial score (nSPS) is 11.1. The zero-order chi connectivity index (χ0) is 27.0. The molecule has 2 amide bonds. The average Bonchev–Trinajstić information content (AvgIpc) is 3.36. The number of unbranched alkanes of at least 4 members (excludes halogenated alkanes) is 8. The molecule has 38 heavy (non-hydrogen) atoms. The molecule has 0 unspecified atom stereocenters. The summed E-state index contributed by atoms with van der Waals surface area (Å²) < 4.78 is 2.76. The zero-order valence-electron chi connectivity index (χ0n) is 22.2. The summed E-state index contributed by atoms with van der Waals surface area (Å²) in [7, 11) is 0. The third-order valence-corrected chi connectivity index (χ3v) is 6.76. The molecule has 0 spiro atoms. The van der Waals surface area contributed by atoms with Gasteiger partial charge in [0.2, 0.25) is 5.91 Å². The fourth-order valence-electron chi connectivity index (χ4n) is 4.10. The van der Waals surface area contributed by atoms with Crippen molar-refractivity contribution in [3.05, 3.63) is 70.8 Å². The van der Waals surface area contributed by atoms with E-state index in [-0.39, 0.29) is 18.4 Å². The van der Waals surface area contributed by atoms with Crippen LogP contribution in [-0.4, -0.2) is 34.4 Å². The summed E-state index contributed by atoms with van der Waals surface area (Å²) in [6.45, 7) is 2.13. The van der Waals surface area contributed by atoms with Gasteiger partial charge < -0.3 is 5.32 Å². The fraction of sp³-hybridized carbons (Fsp3) is 0.400. The second kappa shape index (κ2) is 16.6. The second-order valence-electron chi connectivity index (χ2n) is 9.37. The van der Waals surface area contributed by atoms with Gasteiger partial charge >= 0.3 is 0 Å². The lowest BCUT2D eigenvalue weighted by molar-refractivity contribution is -0.126. The number of para-hydroxylation sites is 1. The van der Waals surface area contributed by atoms with Gasteiger partial charge in [0.1, 0.15) is 5.69 Å². The number of aromatic nitrogens is 2. The van der Waals surface area contributed by atoms with Gasteiger partial charge in [0.05, 0.1) is 18.4 Å². The standard InChI is InChI=1S/C30H38BrN5O2/c1-2-3-4-5-6-7-8-9-13-16-28(37)32-22-29(38)34-33-21-25-23-36(27-14-11-10-12-15-27)35-30(25)24-17-19-26(31)20-18-24/h10-12,14-15,17-21,23H,2-9,13,16,22H2,1H3,(H,32,37)(H,34,38). The predicted molar refractivity (Wildman–Crippen MR) is 157 cm³/mol. The third-order valence-electron chi connectivity index (χ3n) is 6.23. The van der Waals surface area contributed by atoms with E-state index in [0.29, 0.717) is 6.42 Å². The van der Waals surface area contributed by atoms with Crippen LogP contribution in [0, 0.1) is 0 Å². The zero-order valence-corrected chi connectivity index (χ0v) is 23.8. The predicted octanol–water partition coefficient (Wildman–Crippen LogP) is 6.79. The Morgan fingerprint density at radius 1 is 0.895 bits per heavy atom. The summed E-state index contributed by atoms with van der Waals surface area (Å²) in [4.78, 5) is 24.3. The molecule has 1 aromatic heterocycles. The molecule has 0 bridgehead atoms. The number of carbonyl (C=O) groups is 2. The minimum absolute atomic E-state index is 0.101. The van der Waals surface area contributed by atoms with E-state index in [1.807, 2.05) is 60.8 Å². The van der Waals surface area contributed by atoms with Crippen molar-refractivity contribution in [3.63, 3.8) is 0 Å². The smallest absolute Gasteiger partial charge is 0.259 e. The van der Waals surface area contributed by atoms with Gasteiger partial charge in [-0.1, -0.05) is 105 Å². The van der Waals surface area contributed by atoms with Crippen LogP contribution in [0.15, 0.2) is 70.4 Å². The summed E-state index contributed by atoms with van der Waals surface area (Å²) in [5, 5.41) is 11.5. The molecule has 7 nitrogen and oxygen atoms in total. The van der Waals surface area contributed by atoms with E-state index in [9.17, 15) is 9.59 Å². The van der Waals surface area contributed by atoms with Crippen molar-refractivity contribution < 1.29 is 9.59 Å². The van der Waals surface area contributed by atoms with Crippen LogP contribution in [0.3, 0.4) is 0 Å². The van der Waals surface area contributed by atoms with Crippen LogP contribution in [0.5, 0.6) is 0 Å². The summed E-state index contributed by atoms with van der Waals surface area (Å²) in [6.07, 6.45) is 14.7. The number of rotatable bonds is 16. The molecular weight excluding hydrogens is 542 g/mol. The number of halogens is 1. The minimum Gasteiger partial charge on any atom is -0.347 e. The first-order chi connectivity index (χ1) is 18.6. The van der Waals surface area contributed by atoms with Crippen LogP contribution >= 0.6 is 15.9 Å². The third kappa shape index (κ3) is 10.2. The Balaban J connectivity index is 1.44. The number of hydrogen-bond donors (Lipinski definition) is 2. The number of hydrogen-bond acceptors (Lipinski definition) is 4. The summed E-state index contributed by atoms with van der Waals surface area (Å²) in [5.41, 5.74) is 5.85. The van der Waals surface area contributed by atoms with Crippen molar-refractivity contribution in [1.82, 2.24) is 20.5 Å². The van der Waals surface area contributed by atoms with Crippen molar-refractivity contribution in [1.29, 1.82) is 0 Å². The Kier molecular flexibility index (Phi) is 12.8. The molecule has 2 N–H and O–H groups in total. The Bertz CT molecular complexity index is 1160. The van der Waals surface area contributed by atoms with Gasteiger partial charge in [0.25, 0.3) is 5.91 Å². The van der Waals surface area contributed by atoms with E-state index in [4.69, 9.17) is 5.10 Å². The molecule has 0 radical (unpaired) electrons. The highest BCUT2D eigenvalue weighted by Gasteiger charge is 2.11. The molecule has 0 aliphatic heterocycles. The van der Waals surface area contributed by atoms with Crippen LogP contribution in [0.4, 0.5) is 0 Å². The first-order valence-corrected chi connectivity index (χ1v) is 14.4. The summed E-state index contributed by atoms with van der Waals surface area (Å²) in [6, 6.07) is 17.7. The van der Waals surface area contributed by atoms with Crippen LogP contribution in [0.1, 0.15) is 76.7 Å². The summed E-state index contributed by atoms with van der Waals surface area (Å²) in [5.74, 6) is -0.476. The summed E-state index contributed by atoms with van der Waals surface area (Å²) >= 11 is 3.46. The molecule has 3 rings (SSSR count). The maximum absolute atomic E-state index is 12.2. The van der Waals surface area contributed by atoms with Gasteiger partial charge in [0, 0.05) is 28.2 Å². The van der Waals surface area contributed by atoms with Crippen molar-refractivity contribution in [2.45, 2.75) is 71.1 Å². The molecular formula is C30H38BrN5O2. The molecule has 2 aromatic carbocycles. The number of carbonyl (C=O) groups excluding carboxylic acids is 2. The maximum atomic E-state index is 12.2. The lowest BCUT2D eigenvalue weighted by atomic mass is 10.1.